The number of amides is 2. The Morgan fingerprint density at radius 3 is 2.67 bits per heavy atom. The number of aromatic hydroxyl groups is 1. The fourth-order valence-electron chi connectivity index (χ4n) is 8.19. The predicted molar refractivity (Wildman–Crippen MR) is 190 cm³/mol. The SMILES string of the molecule is C#Cc1c(F)ccc2cc(O)cc(-c3ncc4c(N5CCC[C@@](C)(C#N)[C@@H](C=CC(=O)NC=O)C5)nc(OCC56CCCN5CCC6)nc4c3F)c12. The van der Waals surface area contributed by atoms with Gasteiger partial charge in [0, 0.05) is 36.2 Å². The van der Waals surface area contributed by atoms with Crippen LogP contribution in [0.2, 0.25) is 0 Å². The highest BCUT2D eigenvalue weighted by atomic mass is 19.1. The normalized spacial score (nSPS) is 21.5. The third-order valence-corrected chi connectivity index (χ3v) is 11.0. The number of rotatable bonds is 8. The number of terminal acetylenes is 1. The molecule has 2 aromatic carbocycles. The highest BCUT2D eigenvalue weighted by Crippen LogP contribution is 2.42. The number of benzene rings is 2. The molecule has 2 atom stereocenters. The number of ether oxygens (including phenoxy) is 1. The number of anilines is 1. The first kappa shape index (κ1) is 34.8. The van der Waals surface area contributed by atoms with Crippen molar-refractivity contribution in [2.45, 2.75) is 51.0 Å². The van der Waals surface area contributed by atoms with Gasteiger partial charge in [0.15, 0.2) is 5.82 Å². The zero-order chi connectivity index (χ0) is 36.6. The van der Waals surface area contributed by atoms with Gasteiger partial charge in [0.1, 0.15) is 35.2 Å². The fraction of sp³-hybridized carbons (Fsp3) is 0.385. The highest BCUT2D eigenvalue weighted by molar-refractivity contribution is 6.03. The lowest BCUT2D eigenvalue weighted by Gasteiger charge is -2.32. The number of phenolic OH excluding ortho intramolecular Hbond substituents is 1. The molecule has 0 radical (unpaired) electrons. The van der Waals surface area contributed by atoms with Crippen molar-refractivity contribution in [2.75, 3.05) is 37.7 Å². The summed E-state index contributed by atoms with van der Waals surface area (Å²) < 4.78 is 38.4. The summed E-state index contributed by atoms with van der Waals surface area (Å²) in [4.78, 5) is 41.3. The molecule has 3 fully saturated rings. The number of phenols is 1. The van der Waals surface area contributed by atoms with Crippen molar-refractivity contribution >= 4 is 39.8 Å². The molecule has 0 aliphatic carbocycles. The lowest BCUT2D eigenvalue weighted by molar-refractivity contribution is -0.121. The number of carbonyl (C=O) groups is 2. The van der Waals surface area contributed by atoms with Crippen LogP contribution in [0, 0.1) is 46.6 Å². The maximum absolute atomic E-state index is 17.1. The molecular weight excluding hydrogens is 668 g/mol. The number of nitrogens with zero attached hydrogens (tertiary/aromatic N) is 6. The zero-order valence-corrected chi connectivity index (χ0v) is 28.7. The maximum atomic E-state index is 17.1. The van der Waals surface area contributed by atoms with Crippen LogP contribution in [0.15, 0.2) is 42.6 Å². The molecule has 4 aromatic rings. The molecule has 3 aliphatic heterocycles. The van der Waals surface area contributed by atoms with Crippen LogP contribution in [0.4, 0.5) is 14.6 Å². The van der Waals surface area contributed by atoms with Crippen molar-refractivity contribution < 1.29 is 28.2 Å². The molecule has 11 nitrogen and oxygen atoms in total. The summed E-state index contributed by atoms with van der Waals surface area (Å²) in [6.07, 6.45) is 15.4. The summed E-state index contributed by atoms with van der Waals surface area (Å²) in [5, 5.41) is 23.8. The van der Waals surface area contributed by atoms with Gasteiger partial charge in [-0.05, 0) is 88.2 Å². The average Bonchev–Trinajstić information content (AvgIpc) is 3.67. The quantitative estimate of drug-likeness (QED) is 0.139. The van der Waals surface area contributed by atoms with E-state index in [1.165, 1.54) is 36.5 Å². The van der Waals surface area contributed by atoms with Gasteiger partial charge in [-0.25, -0.2) is 8.78 Å². The Labute approximate surface area is 299 Å². The molecule has 3 aliphatic rings. The van der Waals surface area contributed by atoms with E-state index in [1.807, 2.05) is 11.8 Å². The summed E-state index contributed by atoms with van der Waals surface area (Å²) in [6.45, 7) is 4.79. The molecule has 2 aromatic heterocycles. The van der Waals surface area contributed by atoms with Crippen LogP contribution in [0.25, 0.3) is 32.9 Å². The number of halogens is 2. The van der Waals surface area contributed by atoms with Crippen molar-refractivity contribution in [3.8, 4) is 41.4 Å². The number of carbonyl (C=O) groups excluding carboxylic acids is 2. The number of nitrogens with one attached hydrogen (secondary N) is 1. The summed E-state index contributed by atoms with van der Waals surface area (Å²) in [5.74, 6) is -0.110. The number of pyridine rings is 1. The van der Waals surface area contributed by atoms with Gasteiger partial charge in [-0.1, -0.05) is 18.1 Å². The molecule has 3 saturated heterocycles. The molecular formula is C39H37F2N7O4. The first-order valence-corrected chi connectivity index (χ1v) is 17.3. The second kappa shape index (κ2) is 13.8. The minimum absolute atomic E-state index is 0.0347. The third-order valence-electron chi connectivity index (χ3n) is 11.0. The number of nitriles is 1. The zero-order valence-electron chi connectivity index (χ0n) is 28.7. The van der Waals surface area contributed by atoms with Crippen LogP contribution in [0.5, 0.6) is 11.8 Å². The predicted octanol–water partition coefficient (Wildman–Crippen LogP) is 5.39. The van der Waals surface area contributed by atoms with Crippen molar-refractivity contribution in [3.63, 3.8) is 0 Å². The first-order chi connectivity index (χ1) is 25.1. The molecule has 0 saturated carbocycles. The monoisotopic (exact) mass is 705 g/mol. The van der Waals surface area contributed by atoms with Crippen LogP contribution < -0.4 is 15.0 Å². The minimum Gasteiger partial charge on any atom is -0.508 e. The maximum Gasteiger partial charge on any atom is 0.319 e. The Hall–Kier alpha value is -5.66. The number of hydrogen-bond donors (Lipinski definition) is 2. The van der Waals surface area contributed by atoms with Gasteiger partial charge in [-0.2, -0.15) is 15.2 Å². The van der Waals surface area contributed by atoms with E-state index in [4.69, 9.17) is 16.1 Å². The van der Waals surface area contributed by atoms with Crippen molar-refractivity contribution in [1.82, 2.24) is 25.2 Å². The lowest BCUT2D eigenvalue weighted by Crippen LogP contribution is -2.43. The van der Waals surface area contributed by atoms with E-state index in [1.54, 1.807) is 6.08 Å². The highest BCUT2D eigenvalue weighted by Gasteiger charge is 2.45. The molecule has 2 amide bonds. The van der Waals surface area contributed by atoms with Gasteiger partial charge in [0.05, 0.1) is 28.0 Å². The van der Waals surface area contributed by atoms with E-state index < -0.39 is 28.9 Å². The van der Waals surface area contributed by atoms with Crippen LogP contribution >= 0.6 is 0 Å². The van der Waals surface area contributed by atoms with Gasteiger partial charge < -0.3 is 14.7 Å². The van der Waals surface area contributed by atoms with Crippen LogP contribution in [-0.4, -0.2) is 75.6 Å². The summed E-state index contributed by atoms with van der Waals surface area (Å²) in [7, 11) is 0. The van der Waals surface area contributed by atoms with Crippen LogP contribution in [-0.2, 0) is 9.59 Å². The fourth-order valence-corrected chi connectivity index (χ4v) is 8.19. The smallest absolute Gasteiger partial charge is 0.319 e. The number of fused-ring (bicyclic) bond motifs is 3. The second-order valence-corrected chi connectivity index (χ2v) is 14.0. The van der Waals surface area contributed by atoms with E-state index in [0.29, 0.717) is 43.6 Å². The number of imide groups is 1. The molecule has 2 N–H and O–H groups in total. The topological polar surface area (TPSA) is 145 Å². The Bertz CT molecular complexity index is 2200. The van der Waals surface area contributed by atoms with E-state index >= 15 is 4.39 Å². The van der Waals surface area contributed by atoms with Crippen molar-refractivity contribution in [3.05, 3.63) is 59.8 Å². The largest absolute Gasteiger partial charge is 0.508 e. The van der Waals surface area contributed by atoms with Gasteiger partial charge in [0.2, 0.25) is 12.3 Å². The molecule has 0 bridgehead atoms. The Balaban J connectivity index is 1.38. The Morgan fingerprint density at radius 2 is 1.94 bits per heavy atom. The van der Waals surface area contributed by atoms with Crippen LogP contribution in [0.1, 0.15) is 51.0 Å². The lowest BCUT2D eigenvalue weighted by atomic mass is 9.75. The Kier molecular flexibility index (Phi) is 9.24. The molecule has 0 spiro atoms. The van der Waals surface area contributed by atoms with Crippen molar-refractivity contribution in [1.29, 1.82) is 5.26 Å². The second-order valence-electron chi connectivity index (χ2n) is 14.0. The molecule has 13 heteroatoms. The van der Waals surface area contributed by atoms with Gasteiger partial charge in [-0.15, -0.1) is 6.42 Å². The van der Waals surface area contributed by atoms with Crippen LogP contribution in [0.3, 0.4) is 0 Å². The number of hydrogen-bond acceptors (Lipinski definition) is 10. The summed E-state index contributed by atoms with van der Waals surface area (Å²) in [5.41, 5.74) is -1.31. The van der Waals surface area contributed by atoms with E-state index in [9.17, 15) is 24.3 Å². The van der Waals surface area contributed by atoms with Gasteiger partial charge >= 0.3 is 6.01 Å². The van der Waals surface area contributed by atoms with Gasteiger partial charge in [-0.3, -0.25) is 24.8 Å². The summed E-state index contributed by atoms with van der Waals surface area (Å²) >= 11 is 0. The van der Waals surface area contributed by atoms with Crippen molar-refractivity contribution in [2.24, 2.45) is 11.3 Å². The molecule has 266 valence electrons. The van der Waals surface area contributed by atoms with E-state index in [2.05, 4.69) is 32.2 Å². The number of aromatic nitrogens is 3. The molecule has 52 heavy (non-hydrogen) atoms. The molecule has 7 rings (SSSR count). The van der Waals surface area contributed by atoms with Gasteiger partial charge in [0.25, 0.3) is 0 Å². The standard InChI is InChI=1S/C39H37F2N7O4/c1-3-27-30(40)9-7-24-17-26(50)18-28(32(24)27)34-33(41)35-29(19-43-34)36(46-37(45-35)52-22-39-12-5-15-48(39)16-6-13-39)47-14-4-11-38(2,21-42)25(20-47)8-10-31(51)44-23-49/h1,7-10,17-19,23,25,50H,4-6,11-16,20,22H2,2H3,(H,44,49,51)/t25-,38-/m0/s1. The first-order valence-electron chi connectivity index (χ1n) is 17.3. The molecule has 5 heterocycles. The molecule has 0 unspecified atom stereocenters. The summed E-state index contributed by atoms with van der Waals surface area (Å²) in [6, 6.07) is 7.74. The minimum atomic E-state index is -0.862. The third kappa shape index (κ3) is 6.15. The Morgan fingerprint density at radius 1 is 1.17 bits per heavy atom. The van der Waals surface area contributed by atoms with E-state index in [0.717, 1.165) is 38.8 Å². The van der Waals surface area contributed by atoms with E-state index in [-0.39, 0.29) is 57.0 Å². The average molecular weight is 706 g/mol.